The maximum Gasteiger partial charge on any atom is 0.145 e. The Kier molecular flexibility index (Phi) is 6.38. The van der Waals surface area contributed by atoms with Crippen LogP contribution in [0.5, 0.6) is 0 Å². The molecule has 0 aliphatic carbocycles. The second-order valence-corrected chi connectivity index (χ2v) is 13.0. The Hall–Kier alpha value is -5.09. The fraction of sp³-hybridized carbons (Fsp3) is 0. The van der Waals surface area contributed by atoms with Crippen LogP contribution in [-0.2, 0) is 0 Å². The van der Waals surface area contributed by atoms with Gasteiger partial charge in [0.25, 0.3) is 0 Å². The Balaban J connectivity index is 1.46. The van der Waals surface area contributed by atoms with Crippen molar-refractivity contribution in [1.82, 2.24) is 4.57 Å². The molecule has 0 unspecified atom stereocenters. The Labute approximate surface area is 279 Å². The highest BCUT2D eigenvalue weighted by molar-refractivity contribution is 9.10. The average Bonchev–Trinajstić information content (AvgIpc) is 3.64. The highest BCUT2D eigenvalue weighted by atomic mass is 79.9. The summed E-state index contributed by atoms with van der Waals surface area (Å²) in [5, 5.41) is 5.17. The number of benzene rings is 7. The van der Waals surface area contributed by atoms with E-state index in [1.54, 1.807) is 0 Å². The molecular formula is C42H25BrClNO. The van der Waals surface area contributed by atoms with Crippen LogP contribution in [0, 0.1) is 0 Å². The first-order chi connectivity index (χ1) is 22.6. The molecule has 0 aliphatic heterocycles. The van der Waals surface area contributed by atoms with Crippen LogP contribution >= 0.6 is 27.5 Å². The average molecular weight is 675 g/mol. The standard InChI is InChI=1S/C42H25BrClNO/c43-31-20-30(21-32(44)24-31)36-25-37-34-15-7-9-17-38(34)45(41(37)40-35-16-8-10-18-39(35)46-42(36)40)33-22-28(26-11-3-1-4-12-26)19-29(23-33)27-13-5-2-6-14-27/h1-25H. The third kappa shape index (κ3) is 4.39. The van der Waals surface area contributed by atoms with Gasteiger partial charge < -0.3 is 8.98 Å². The van der Waals surface area contributed by atoms with Crippen LogP contribution in [0.15, 0.2) is 161 Å². The molecule has 0 spiro atoms. The fourth-order valence-electron chi connectivity index (χ4n) is 6.86. The van der Waals surface area contributed by atoms with Crippen LogP contribution in [0.4, 0.5) is 0 Å². The Morgan fingerprint density at radius 3 is 1.85 bits per heavy atom. The van der Waals surface area contributed by atoms with E-state index in [0.29, 0.717) is 5.02 Å². The molecule has 0 aliphatic rings. The van der Waals surface area contributed by atoms with Gasteiger partial charge in [-0.15, -0.1) is 0 Å². The predicted octanol–water partition coefficient (Wildman–Crippen LogP) is 13.1. The van der Waals surface area contributed by atoms with Crippen molar-refractivity contribution in [3.63, 3.8) is 0 Å². The van der Waals surface area contributed by atoms with E-state index in [9.17, 15) is 0 Å². The molecule has 0 N–H and O–H groups in total. The van der Waals surface area contributed by atoms with E-state index >= 15 is 0 Å². The zero-order chi connectivity index (χ0) is 30.8. The Bertz CT molecular complexity index is 2520. The summed E-state index contributed by atoms with van der Waals surface area (Å²) in [4.78, 5) is 0. The molecule has 0 radical (unpaired) electrons. The zero-order valence-corrected chi connectivity index (χ0v) is 26.9. The quantitative estimate of drug-likeness (QED) is 0.182. The number of furan rings is 1. The van der Waals surface area contributed by atoms with Crippen LogP contribution < -0.4 is 0 Å². The number of para-hydroxylation sites is 2. The van der Waals surface area contributed by atoms with E-state index in [0.717, 1.165) is 70.8 Å². The van der Waals surface area contributed by atoms with Gasteiger partial charge in [-0.25, -0.2) is 0 Å². The molecule has 9 aromatic rings. The molecular weight excluding hydrogens is 650 g/mol. The zero-order valence-electron chi connectivity index (χ0n) is 24.5. The number of nitrogens with zero attached hydrogens (tertiary/aromatic N) is 1. The highest BCUT2D eigenvalue weighted by Crippen LogP contribution is 2.46. The van der Waals surface area contributed by atoms with Gasteiger partial charge in [-0.1, -0.05) is 125 Å². The van der Waals surface area contributed by atoms with Crippen molar-refractivity contribution in [2.75, 3.05) is 0 Å². The van der Waals surface area contributed by atoms with Gasteiger partial charge in [0.05, 0.1) is 16.4 Å². The summed E-state index contributed by atoms with van der Waals surface area (Å²) in [7, 11) is 0. The molecule has 9 rings (SSSR count). The third-order valence-electron chi connectivity index (χ3n) is 8.84. The van der Waals surface area contributed by atoms with Gasteiger partial charge in [0, 0.05) is 36.9 Å². The summed E-state index contributed by atoms with van der Waals surface area (Å²) in [6, 6.07) is 53.5. The van der Waals surface area contributed by atoms with E-state index in [1.807, 2.05) is 18.2 Å². The molecule has 0 amide bonds. The minimum atomic E-state index is 0.669. The van der Waals surface area contributed by atoms with Gasteiger partial charge in [0.15, 0.2) is 0 Å². The molecule has 0 atom stereocenters. The van der Waals surface area contributed by atoms with Crippen molar-refractivity contribution in [2.45, 2.75) is 0 Å². The lowest BCUT2D eigenvalue weighted by Crippen LogP contribution is -1.96. The van der Waals surface area contributed by atoms with E-state index in [2.05, 4.69) is 154 Å². The van der Waals surface area contributed by atoms with E-state index < -0.39 is 0 Å². The third-order valence-corrected chi connectivity index (χ3v) is 9.52. The SMILES string of the molecule is Clc1cc(Br)cc(-c2cc3c4ccccc4n(-c4cc(-c5ccccc5)cc(-c5ccccc5)c4)c3c3c2oc2ccccc23)c1. The molecule has 0 saturated carbocycles. The Morgan fingerprint density at radius 1 is 0.522 bits per heavy atom. The van der Waals surface area contributed by atoms with Crippen molar-refractivity contribution in [3.05, 3.63) is 161 Å². The van der Waals surface area contributed by atoms with E-state index in [4.69, 9.17) is 16.0 Å². The highest BCUT2D eigenvalue weighted by Gasteiger charge is 2.23. The normalized spacial score (nSPS) is 11.7. The smallest absolute Gasteiger partial charge is 0.145 e. The lowest BCUT2D eigenvalue weighted by molar-refractivity contribution is 0.670. The molecule has 46 heavy (non-hydrogen) atoms. The lowest BCUT2D eigenvalue weighted by Gasteiger charge is -2.15. The number of hydrogen-bond acceptors (Lipinski definition) is 1. The van der Waals surface area contributed by atoms with Crippen molar-refractivity contribution >= 4 is 71.3 Å². The van der Waals surface area contributed by atoms with Crippen LogP contribution in [0.25, 0.3) is 82.8 Å². The minimum absolute atomic E-state index is 0.669. The first kappa shape index (κ1) is 27.2. The molecule has 0 bridgehead atoms. The van der Waals surface area contributed by atoms with Gasteiger partial charge >= 0.3 is 0 Å². The number of rotatable bonds is 4. The molecule has 4 heteroatoms. The lowest BCUT2D eigenvalue weighted by atomic mass is 9.97. The summed E-state index contributed by atoms with van der Waals surface area (Å²) in [5.74, 6) is 0. The number of aromatic nitrogens is 1. The van der Waals surface area contributed by atoms with Gasteiger partial charge in [-0.3, -0.25) is 0 Å². The first-order valence-corrected chi connectivity index (χ1v) is 16.4. The fourth-order valence-corrected chi connectivity index (χ4v) is 7.72. The summed E-state index contributed by atoms with van der Waals surface area (Å²) >= 11 is 10.3. The van der Waals surface area contributed by atoms with Crippen LogP contribution in [0.3, 0.4) is 0 Å². The van der Waals surface area contributed by atoms with Gasteiger partial charge in [-0.05, 0) is 82.4 Å². The summed E-state index contributed by atoms with van der Waals surface area (Å²) in [6.45, 7) is 0. The molecule has 2 heterocycles. The van der Waals surface area contributed by atoms with E-state index in [1.165, 1.54) is 16.5 Å². The second kappa shape index (κ2) is 10.8. The summed E-state index contributed by atoms with van der Waals surface area (Å²) in [6.07, 6.45) is 0. The van der Waals surface area contributed by atoms with Crippen molar-refractivity contribution in [2.24, 2.45) is 0 Å². The monoisotopic (exact) mass is 673 g/mol. The molecule has 2 nitrogen and oxygen atoms in total. The first-order valence-electron chi connectivity index (χ1n) is 15.2. The largest absolute Gasteiger partial charge is 0.455 e. The van der Waals surface area contributed by atoms with Crippen LogP contribution in [0.1, 0.15) is 0 Å². The second-order valence-electron chi connectivity index (χ2n) is 11.6. The number of hydrogen-bond donors (Lipinski definition) is 0. The maximum absolute atomic E-state index is 6.73. The van der Waals surface area contributed by atoms with Crippen LogP contribution in [-0.4, -0.2) is 4.57 Å². The molecule has 7 aromatic carbocycles. The topological polar surface area (TPSA) is 18.1 Å². The maximum atomic E-state index is 6.73. The minimum Gasteiger partial charge on any atom is -0.455 e. The van der Waals surface area contributed by atoms with Crippen molar-refractivity contribution in [1.29, 1.82) is 0 Å². The number of fused-ring (bicyclic) bond motifs is 7. The van der Waals surface area contributed by atoms with Crippen LogP contribution in [0.2, 0.25) is 5.02 Å². The van der Waals surface area contributed by atoms with Crippen molar-refractivity contribution in [3.8, 4) is 39.1 Å². The molecule has 0 saturated heterocycles. The van der Waals surface area contributed by atoms with Gasteiger partial charge in [0.1, 0.15) is 11.2 Å². The molecule has 2 aromatic heterocycles. The van der Waals surface area contributed by atoms with Gasteiger partial charge in [-0.2, -0.15) is 0 Å². The predicted molar refractivity (Wildman–Crippen MR) is 197 cm³/mol. The summed E-state index contributed by atoms with van der Waals surface area (Å²) < 4.78 is 10.1. The van der Waals surface area contributed by atoms with Gasteiger partial charge in [0.2, 0.25) is 0 Å². The molecule has 218 valence electrons. The Morgan fingerprint density at radius 2 is 1.15 bits per heavy atom. The van der Waals surface area contributed by atoms with E-state index in [-0.39, 0.29) is 0 Å². The molecule has 0 fully saturated rings. The summed E-state index contributed by atoms with van der Waals surface area (Å²) in [5.41, 5.74) is 11.7. The van der Waals surface area contributed by atoms with Crippen molar-refractivity contribution < 1.29 is 4.42 Å². The number of halogens is 2.